The quantitative estimate of drug-likeness (QED) is 0.378. The van der Waals surface area contributed by atoms with Gasteiger partial charge in [0.1, 0.15) is 0 Å². The summed E-state index contributed by atoms with van der Waals surface area (Å²) >= 11 is 1.29. The number of rotatable bonds is 10. The molecule has 1 amide bonds. The molecular formula is C22H25N5O3S. The molecule has 0 radical (unpaired) electrons. The van der Waals surface area contributed by atoms with E-state index in [1.807, 2.05) is 37.3 Å². The number of tetrazole rings is 1. The van der Waals surface area contributed by atoms with Gasteiger partial charge in [-0.05, 0) is 48.0 Å². The molecular weight excluding hydrogens is 414 g/mol. The number of aromatic nitrogens is 4. The standard InChI is InChI=1S/C22H25N5O3S/c1-3-4-13-27-20(24-25-26-27)14-30-22(29)18-7-5-6-8-19(18)31-15-21(28)23-17-11-9-16(2)10-12-17/h5-12H,3-4,13-15H2,1-2H3,(H,23,28). The van der Waals surface area contributed by atoms with Gasteiger partial charge in [0.05, 0.1) is 11.3 Å². The number of nitrogens with one attached hydrogen (secondary N) is 1. The van der Waals surface area contributed by atoms with Crippen LogP contribution < -0.4 is 5.32 Å². The zero-order valence-electron chi connectivity index (χ0n) is 17.6. The lowest BCUT2D eigenvalue weighted by molar-refractivity contribution is -0.113. The van der Waals surface area contributed by atoms with Crippen molar-refractivity contribution < 1.29 is 14.3 Å². The van der Waals surface area contributed by atoms with Crippen molar-refractivity contribution in [1.29, 1.82) is 0 Å². The normalized spacial score (nSPS) is 10.6. The van der Waals surface area contributed by atoms with Crippen molar-refractivity contribution in [3.05, 3.63) is 65.5 Å². The number of hydrogen-bond acceptors (Lipinski definition) is 7. The first kappa shape index (κ1) is 22.5. The van der Waals surface area contributed by atoms with Crippen LogP contribution in [-0.2, 0) is 22.7 Å². The van der Waals surface area contributed by atoms with Crippen LogP contribution in [0.3, 0.4) is 0 Å². The third-order valence-electron chi connectivity index (χ3n) is 4.46. The molecule has 1 aromatic heterocycles. The van der Waals surface area contributed by atoms with E-state index in [1.54, 1.807) is 22.9 Å². The second-order valence-corrected chi connectivity index (χ2v) is 7.96. The van der Waals surface area contributed by atoms with Crippen molar-refractivity contribution in [2.45, 2.75) is 44.7 Å². The van der Waals surface area contributed by atoms with Gasteiger partial charge >= 0.3 is 5.97 Å². The number of hydrogen-bond donors (Lipinski definition) is 1. The molecule has 0 aliphatic carbocycles. The lowest BCUT2D eigenvalue weighted by atomic mass is 10.2. The molecule has 31 heavy (non-hydrogen) atoms. The van der Waals surface area contributed by atoms with Crippen LogP contribution in [0, 0.1) is 6.92 Å². The first-order chi connectivity index (χ1) is 15.1. The van der Waals surface area contributed by atoms with Crippen molar-refractivity contribution in [2.75, 3.05) is 11.1 Å². The zero-order valence-corrected chi connectivity index (χ0v) is 18.4. The minimum Gasteiger partial charge on any atom is -0.454 e. The summed E-state index contributed by atoms with van der Waals surface area (Å²) in [5.74, 6) is 0.0524. The molecule has 0 aliphatic heterocycles. The van der Waals surface area contributed by atoms with E-state index < -0.39 is 5.97 Å². The Bertz CT molecular complexity index is 1020. The van der Waals surface area contributed by atoms with Gasteiger partial charge in [0.15, 0.2) is 12.4 Å². The fraction of sp³-hybridized carbons (Fsp3) is 0.318. The van der Waals surface area contributed by atoms with Crippen LogP contribution in [-0.4, -0.2) is 37.8 Å². The van der Waals surface area contributed by atoms with Crippen molar-refractivity contribution >= 4 is 29.3 Å². The molecule has 0 fully saturated rings. The van der Waals surface area contributed by atoms with Crippen LogP contribution in [0.1, 0.15) is 41.5 Å². The summed E-state index contributed by atoms with van der Waals surface area (Å²) in [7, 11) is 0. The smallest absolute Gasteiger partial charge is 0.339 e. The number of aryl methyl sites for hydroxylation is 2. The molecule has 0 saturated heterocycles. The Kier molecular flexibility index (Phi) is 8.17. The number of carbonyl (C=O) groups excluding carboxylic acids is 2. The third kappa shape index (κ3) is 6.65. The molecule has 0 bridgehead atoms. The van der Waals surface area contributed by atoms with Crippen molar-refractivity contribution in [1.82, 2.24) is 20.2 Å². The van der Waals surface area contributed by atoms with Crippen LogP contribution in [0.5, 0.6) is 0 Å². The number of amides is 1. The highest BCUT2D eigenvalue weighted by molar-refractivity contribution is 8.00. The number of benzene rings is 2. The summed E-state index contributed by atoms with van der Waals surface area (Å²) in [5.41, 5.74) is 2.27. The monoisotopic (exact) mass is 439 g/mol. The van der Waals surface area contributed by atoms with E-state index >= 15 is 0 Å². The number of carbonyl (C=O) groups is 2. The van der Waals surface area contributed by atoms with Crippen molar-refractivity contribution in [3.8, 4) is 0 Å². The molecule has 162 valence electrons. The first-order valence-electron chi connectivity index (χ1n) is 10.1. The van der Waals surface area contributed by atoms with E-state index in [1.165, 1.54) is 11.8 Å². The van der Waals surface area contributed by atoms with Crippen LogP contribution in [0.15, 0.2) is 53.4 Å². The van der Waals surface area contributed by atoms with Gasteiger partial charge in [0, 0.05) is 17.1 Å². The molecule has 9 heteroatoms. The third-order valence-corrected chi connectivity index (χ3v) is 5.54. The van der Waals surface area contributed by atoms with Gasteiger partial charge in [-0.1, -0.05) is 43.2 Å². The van der Waals surface area contributed by atoms with Gasteiger partial charge in [0.25, 0.3) is 0 Å². The van der Waals surface area contributed by atoms with Gasteiger partial charge in [-0.3, -0.25) is 4.79 Å². The summed E-state index contributed by atoms with van der Waals surface area (Å²) < 4.78 is 7.08. The van der Waals surface area contributed by atoms with E-state index in [9.17, 15) is 9.59 Å². The molecule has 2 aromatic carbocycles. The molecule has 0 unspecified atom stereocenters. The number of ether oxygens (including phenoxy) is 1. The minimum atomic E-state index is -0.480. The Hall–Kier alpha value is -3.20. The van der Waals surface area contributed by atoms with Crippen molar-refractivity contribution in [2.24, 2.45) is 0 Å². The topological polar surface area (TPSA) is 99.0 Å². The molecule has 0 aliphatic rings. The Morgan fingerprint density at radius 3 is 2.68 bits per heavy atom. The summed E-state index contributed by atoms with van der Waals surface area (Å²) in [5, 5.41) is 14.4. The summed E-state index contributed by atoms with van der Waals surface area (Å²) in [6.45, 7) is 4.74. The van der Waals surface area contributed by atoms with Gasteiger partial charge in [-0.2, -0.15) is 0 Å². The fourth-order valence-electron chi connectivity index (χ4n) is 2.75. The Labute approximate surface area is 185 Å². The average molecular weight is 440 g/mol. The molecule has 3 rings (SSSR count). The summed E-state index contributed by atoms with van der Waals surface area (Å²) in [6.07, 6.45) is 1.96. The highest BCUT2D eigenvalue weighted by atomic mass is 32.2. The number of thioether (sulfide) groups is 1. The molecule has 1 heterocycles. The van der Waals surface area contributed by atoms with Crippen molar-refractivity contribution in [3.63, 3.8) is 0 Å². The SMILES string of the molecule is CCCCn1nnnc1COC(=O)c1ccccc1SCC(=O)Nc1ccc(C)cc1. The second-order valence-electron chi connectivity index (χ2n) is 6.95. The molecule has 0 atom stereocenters. The maximum Gasteiger partial charge on any atom is 0.339 e. The van der Waals surface area contributed by atoms with E-state index in [2.05, 4.69) is 27.8 Å². The average Bonchev–Trinajstić information content (AvgIpc) is 3.23. The highest BCUT2D eigenvalue weighted by Crippen LogP contribution is 2.24. The van der Waals surface area contributed by atoms with E-state index in [-0.39, 0.29) is 18.3 Å². The fourth-order valence-corrected chi connectivity index (χ4v) is 3.59. The predicted molar refractivity (Wildman–Crippen MR) is 119 cm³/mol. The second kappa shape index (κ2) is 11.3. The Balaban J connectivity index is 1.56. The predicted octanol–water partition coefficient (Wildman–Crippen LogP) is 3.87. The molecule has 1 N–H and O–H groups in total. The van der Waals surface area contributed by atoms with E-state index in [0.717, 1.165) is 24.1 Å². The highest BCUT2D eigenvalue weighted by Gasteiger charge is 2.16. The molecule has 8 nitrogen and oxygen atoms in total. The lowest BCUT2D eigenvalue weighted by Gasteiger charge is -2.10. The van der Waals surface area contributed by atoms with Crippen LogP contribution in [0.4, 0.5) is 5.69 Å². The number of esters is 1. The van der Waals surface area contributed by atoms with Gasteiger partial charge < -0.3 is 10.1 Å². The zero-order chi connectivity index (χ0) is 22.1. The van der Waals surface area contributed by atoms with E-state index in [4.69, 9.17) is 4.74 Å². The molecule has 3 aromatic rings. The largest absolute Gasteiger partial charge is 0.454 e. The molecule has 0 spiro atoms. The van der Waals surface area contributed by atoms with Crippen LogP contribution in [0.2, 0.25) is 0 Å². The molecule has 0 saturated carbocycles. The van der Waals surface area contributed by atoms with E-state index in [0.29, 0.717) is 22.8 Å². The Morgan fingerprint density at radius 2 is 1.90 bits per heavy atom. The van der Waals surface area contributed by atoms with Crippen LogP contribution in [0.25, 0.3) is 0 Å². The van der Waals surface area contributed by atoms with Crippen LogP contribution >= 0.6 is 11.8 Å². The lowest BCUT2D eigenvalue weighted by Crippen LogP contribution is -2.15. The van der Waals surface area contributed by atoms with Gasteiger partial charge in [-0.25, -0.2) is 9.48 Å². The Morgan fingerprint density at radius 1 is 1.13 bits per heavy atom. The summed E-state index contributed by atoms with van der Waals surface area (Å²) in [4.78, 5) is 25.6. The summed E-state index contributed by atoms with van der Waals surface area (Å²) in [6, 6.07) is 14.7. The first-order valence-corrected chi connectivity index (χ1v) is 11.1. The number of nitrogens with zero attached hydrogens (tertiary/aromatic N) is 4. The maximum absolute atomic E-state index is 12.6. The maximum atomic E-state index is 12.6. The minimum absolute atomic E-state index is 0.0114. The van der Waals surface area contributed by atoms with Gasteiger partial charge in [-0.15, -0.1) is 16.9 Å². The number of unbranched alkanes of at least 4 members (excludes halogenated alkanes) is 1. The number of anilines is 1. The van der Waals surface area contributed by atoms with Gasteiger partial charge in [0.2, 0.25) is 5.91 Å².